The first-order chi connectivity index (χ1) is 11.9. The van der Waals surface area contributed by atoms with Crippen LogP contribution in [-0.2, 0) is 10.0 Å². The molecular weight excluding hydrogens is 330 g/mol. The van der Waals surface area contributed by atoms with Crippen molar-refractivity contribution in [1.29, 1.82) is 0 Å². The Balaban J connectivity index is 2.51. The molecule has 2 aromatic carbocycles. The highest BCUT2D eigenvalue weighted by Gasteiger charge is 2.23. The van der Waals surface area contributed by atoms with Gasteiger partial charge in [-0.3, -0.25) is 0 Å². The number of hydrogen-bond acceptors (Lipinski definition) is 2. The number of rotatable bonds is 6. The van der Waals surface area contributed by atoms with E-state index in [0.717, 1.165) is 22.3 Å². The van der Waals surface area contributed by atoms with Gasteiger partial charge in [-0.2, -0.15) is 4.72 Å². The predicted octanol–water partition coefficient (Wildman–Crippen LogP) is 5.01. The van der Waals surface area contributed by atoms with Crippen molar-refractivity contribution in [3.63, 3.8) is 0 Å². The molecule has 0 heterocycles. The maximum absolute atomic E-state index is 12.8. The molecule has 1 N–H and O–H groups in total. The van der Waals surface area contributed by atoms with Crippen LogP contribution in [0.1, 0.15) is 39.3 Å². The quantitative estimate of drug-likeness (QED) is 0.741. The van der Waals surface area contributed by atoms with Crippen molar-refractivity contribution in [3.8, 4) is 0 Å². The van der Waals surface area contributed by atoms with Gasteiger partial charge in [-0.25, -0.2) is 8.42 Å². The van der Waals surface area contributed by atoms with E-state index in [-0.39, 0.29) is 4.90 Å². The van der Waals surface area contributed by atoms with E-state index >= 15 is 0 Å². The second-order valence-electron chi connectivity index (χ2n) is 6.06. The van der Waals surface area contributed by atoms with Gasteiger partial charge in [0.1, 0.15) is 0 Å². The second-order valence-corrected chi connectivity index (χ2v) is 7.77. The van der Waals surface area contributed by atoms with Crippen LogP contribution >= 0.6 is 0 Å². The second kappa shape index (κ2) is 8.28. The third kappa shape index (κ3) is 4.68. The Kier molecular flexibility index (Phi) is 6.34. The number of nitrogens with one attached hydrogen (secondary N) is 1. The van der Waals surface area contributed by atoms with Crippen molar-refractivity contribution in [3.05, 3.63) is 89.0 Å². The van der Waals surface area contributed by atoms with Crippen LogP contribution in [0.4, 0.5) is 0 Å². The molecule has 0 fully saturated rings. The summed E-state index contributed by atoms with van der Waals surface area (Å²) in [6, 6.07) is 17.7. The molecule has 2 rings (SSSR count). The Morgan fingerprint density at radius 3 is 1.96 bits per heavy atom. The molecule has 0 saturated heterocycles. The van der Waals surface area contributed by atoms with Gasteiger partial charge in [0.05, 0.1) is 10.9 Å². The highest BCUT2D eigenvalue weighted by Crippen LogP contribution is 2.28. The average Bonchev–Trinajstić information content (AvgIpc) is 2.65. The van der Waals surface area contributed by atoms with Gasteiger partial charge in [0.15, 0.2) is 0 Å². The fourth-order valence-electron chi connectivity index (χ4n) is 2.62. The summed E-state index contributed by atoms with van der Waals surface area (Å²) in [5, 5.41) is 0. The first-order valence-electron chi connectivity index (χ1n) is 8.29. The van der Waals surface area contributed by atoms with E-state index in [4.69, 9.17) is 0 Å². The van der Waals surface area contributed by atoms with Crippen LogP contribution in [-0.4, -0.2) is 8.42 Å². The molecular formula is C21H25NO2S. The number of sulfonamides is 1. The first kappa shape index (κ1) is 19.2. The van der Waals surface area contributed by atoms with Gasteiger partial charge in [0.2, 0.25) is 10.0 Å². The van der Waals surface area contributed by atoms with E-state index in [1.165, 1.54) is 0 Å². The van der Waals surface area contributed by atoms with E-state index in [2.05, 4.69) is 4.72 Å². The first-order valence-corrected chi connectivity index (χ1v) is 9.78. The Labute approximate surface area is 151 Å². The van der Waals surface area contributed by atoms with Crippen LogP contribution in [0.5, 0.6) is 0 Å². The molecule has 132 valence electrons. The van der Waals surface area contributed by atoms with E-state index in [0.29, 0.717) is 0 Å². The van der Waals surface area contributed by atoms with Gasteiger partial charge in [-0.1, -0.05) is 60.2 Å². The SMILES string of the molecule is CC=C(C)/C(C)=C(\C)C(NS(=O)(=O)c1ccccc1)c1ccccc1. The van der Waals surface area contributed by atoms with Crippen molar-refractivity contribution >= 4 is 10.0 Å². The van der Waals surface area contributed by atoms with Gasteiger partial charge in [-0.05, 0) is 56.5 Å². The fourth-order valence-corrected chi connectivity index (χ4v) is 3.89. The fraction of sp³-hybridized carbons (Fsp3) is 0.238. The predicted molar refractivity (Wildman–Crippen MR) is 104 cm³/mol. The van der Waals surface area contributed by atoms with Crippen LogP contribution < -0.4 is 4.72 Å². The smallest absolute Gasteiger partial charge is 0.207 e. The lowest BCUT2D eigenvalue weighted by molar-refractivity contribution is 0.570. The molecule has 1 unspecified atom stereocenters. The monoisotopic (exact) mass is 355 g/mol. The Morgan fingerprint density at radius 2 is 1.44 bits per heavy atom. The molecule has 25 heavy (non-hydrogen) atoms. The van der Waals surface area contributed by atoms with Crippen LogP contribution in [0.3, 0.4) is 0 Å². The summed E-state index contributed by atoms with van der Waals surface area (Å²) in [7, 11) is -3.62. The van der Waals surface area contributed by atoms with Crippen molar-refractivity contribution in [2.75, 3.05) is 0 Å². The van der Waals surface area contributed by atoms with Crippen LogP contribution in [0.25, 0.3) is 0 Å². The van der Waals surface area contributed by atoms with Crippen molar-refractivity contribution in [2.24, 2.45) is 0 Å². The Bertz CT molecular complexity index is 867. The molecule has 1 atom stereocenters. The highest BCUT2D eigenvalue weighted by atomic mass is 32.2. The molecule has 0 radical (unpaired) electrons. The van der Waals surface area contributed by atoms with Crippen molar-refractivity contribution < 1.29 is 8.42 Å². The Morgan fingerprint density at radius 1 is 0.920 bits per heavy atom. The summed E-state index contributed by atoms with van der Waals surface area (Å²) in [5.41, 5.74) is 4.13. The molecule has 2 aromatic rings. The molecule has 0 spiro atoms. The molecule has 0 aromatic heterocycles. The third-order valence-corrected chi connectivity index (χ3v) is 5.95. The van der Waals surface area contributed by atoms with Gasteiger partial charge in [-0.15, -0.1) is 0 Å². The van der Waals surface area contributed by atoms with Crippen LogP contribution in [0, 0.1) is 0 Å². The number of allylic oxidation sites excluding steroid dienone is 3. The lowest BCUT2D eigenvalue weighted by Gasteiger charge is -2.23. The highest BCUT2D eigenvalue weighted by molar-refractivity contribution is 7.89. The van der Waals surface area contributed by atoms with Crippen LogP contribution in [0.15, 0.2) is 88.4 Å². The minimum atomic E-state index is -3.62. The van der Waals surface area contributed by atoms with Gasteiger partial charge < -0.3 is 0 Å². The number of benzene rings is 2. The molecule has 3 nitrogen and oxygen atoms in total. The summed E-state index contributed by atoms with van der Waals surface area (Å²) in [6.07, 6.45) is 2.03. The van der Waals surface area contributed by atoms with Crippen LogP contribution in [0.2, 0.25) is 0 Å². The molecule has 4 heteroatoms. The maximum Gasteiger partial charge on any atom is 0.241 e. The summed E-state index contributed by atoms with van der Waals surface area (Å²) >= 11 is 0. The zero-order valence-corrected chi connectivity index (χ0v) is 16.0. The molecule has 0 aliphatic carbocycles. The number of hydrogen-bond donors (Lipinski definition) is 1. The summed E-state index contributed by atoms with van der Waals surface area (Å²) in [5.74, 6) is 0. The third-order valence-electron chi connectivity index (χ3n) is 4.51. The Hall–Kier alpha value is -2.17. The normalized spacial score (nSPS) is 14.8. The summed E-state index contributed by atoms with van der Waals surface area (Å²) in [6.45, 7) is 8.02. The van der Waals surface area contributed by atoms with Gasteiger partial charge >= 0.3 is 0 Å². The van der Waals surface area contributed by atoms with Crippen molar-refractivity contribution in [1.82, 2.24) is 4.72 Å². The zero-order valence-electron chi connectivity index (χ0n) is 15.2. The maximum atomic E-state index is 12.8. The minimum Gasteiger partial charge on any atom is -0.207 e. The van der Waals surface area contributed by atoms with Crippen molar-refractivity contribution in [2.45, 2.75) is 38.6 Å². The van der Waals surface area contributed by atoms with E-state index in [1.54, 1.807) is 30.3 Å². The van der Waals surface area contributed by atoms with E-state index in [1.807, 2.05) is 64.1 Å². The average molecular weight is 356 g/mol. The molecule has 0 aliphatic heterocycles. The lowest BCUT2D eigenvalue weighted by atomic mass is 9.94. The van der Waals surface area contributed by atoms with Gasteiger partial charge in [0, 0.05) is 0 Å². The molecule has 0 aliphatic rings. The minimum absolute atomic E-state index is 0.268. The molecule has 0 saturated carbocycles. The van der Waals surface area contributed by atoms with E-state index < -0.39 is 16.1 Å². The zero-order chi connectivity index (χ0) is 18.4. The molecule has 0 amide bonds. The standard InChI is InChI=1S/C21H25NO2S/c1-5-16(2)17(3)18(4)21(19-12-8-6-9-13-19)22-25(23,24)20-14-10-7-11-15-20/h5-15,21-22H,1-4H3/b16-5?,18-17+. The summed E-state index contributed by atoms with van der Waals surface area (Å²) in [4.78, 5) is 0.268. The summed E-state index contributed by atoms with van der Waals surface area (Å²) < 4.78 is 28.5. The largest absolute Gasteiger partial charge is 0.241 e. The van der Waals surface area contributed by atoms with E-state index in [9.17, 15) is 8.42 Å². The lowest BCUT2D eigenvalue weighted by Crippen LogP contribution is -2.30. The van der Waals surface area contributed by atoms with Gasteiger partial charge in [0.25, 0.3) is 0 Å². The topological polar surface area (TPSA) is 46.2 Å². The molecule has 0 bridgehead atoms.